The molecule has 8 heteroatoms. The Balaban J connectivity index is 1.68. The fourth-order valence-electron chi connectivity index (χ4n) is 4.78. The van der Waals surface area contributed by atoms with E-state index < -0.39 is 0 Å². The maximum atomic E-state index is 14.1. The van der Waals surface area contributed by atoms with Gasteiger partial charge in [0.15, 0.2) is 11.6 Å². The number of anilines is 2. The van der Waals surface area contributed by atoms with Crippen molar-refractivity contribution in [2.45, 2.75) is 0 Å². The van der Waals surface area contributed by atoms with E-state index in [1.165, 1.54) is 0 Å². The van der Waals surface area contributed by atoms with Crippen LogP contribution < -0.4 is 9.80 Å². The van der Waals surface area contributed by atoms with Crippen LogP contribution in [0.2, 0.25) is 0 Å². The lowest BCUT2D eigenvalue weighted by Crippen LogP contribution is -2.35. The Kier molecular flexibility index (Phi) is 7.20. The number of nitrogens with zero attached hydrogens (tertiary/aromatic N) is 2. The largest absolute Gasteiger partial charge is 0.377 e. The van der Waals surface area contributed by atoms with Gasteiger partial charge in [-0.1, -0.05) is 24.3 Å². The Hall–Kier alpha value is -2.78. The zero-order valence-electron chi connectivity index (χ0n) is 19.3. The number of ether oxygens (including phenoxy) is 4. The van der Waals surface area contributed by atoms with Gasteiger partial charge in [-0.15, -0.1) is 0 Å². The molecule has 2 aromatic rings. The molecule has 3 aliphatic rings. The summed E-state index contributed by atoms with van der Waals surface area (Å²) in [5.74, 6) is -0.249. The topological polar surface area (TPSA) is 77.5 Å². The number of rotatable bonds is 0. The van der Waals surface area contributed by atoms with E-state index in [0.29, 0.717) is 101 Å². The molecule has 2 aliphatic heterocycles. The van der Waals surface area contributed by atoms with Crippen LogP contribution in [0, 0.1) is 0 Å². The highest BCUT2D eigenvalue weighted by atomic mass is 16.5. The number of hydrogen-bond donors (Lipinski definition) is 0. The Morgan fingerprint density at radius 2 is 0.882 bits per heavy atom. The lowest BCUT2D eigenvalue weighted by atomic mass is 9.82. The number of carbonyl (C=O) groups is 2. The summed E-state index contributed by atoms with van der Waals surface area (Å²) in [5.41, 5.74) is 3.31. The minimum absolute atomic E-state index is 0.123. The van der Waals surface area contributed by atoms with Crippen molar-refractivity contribution in [2.75, 3.05) is 88.8 Å². The van der Waals surface area contributed by atoms with Crippen molar-refractivity contribution in [3.8, 4) is 0 Å². The molecule has 4 bridgehead atoms. The first kappa shape index (κ1) is 23.0. The second kappa shape index (κ2) is 10.7. The van der Waals surface area contributed by atoms with Gasteiger partial charge in [0.25, 0.3) is 0 Å². The molecule has 180 valence electrons. The van der Waals surface area contributed by atoms with Crippen LogP contribution in [0.15, 0.2) is 36.4 Å². The third-order valence-corrected chi connectivity index (χ3v) is 6.48. The molecule has 0 spiro atoms. The summed E-state index contributed by atoms with van der Waals surface area (Å²) in [6.07, 6.45) is 0. The minimum Gasteiger partial charge on any atom is -0.377 e. The number of carbonyl (C=O) groups excluding carboxylic acids is 2. The third kappa shape index (κ3) is 4.59. The van der Waals surface area contributed by atoms with Gasteiger partial charge < -0.3 is 28.7 Å². The van der Waals surface area contributed by atoms with Gasteiger partial charge in [-0.2, -0.15) is 0 Å². The molecule has 2 aromatic carbocycles. The molecular weight excluding hydrogens is 436 g/mol. The van der Waals surface area contributed by atoms with Crippen LogP contribution in [0.3, 0.4) is 0 Å². The van der Waals surface area contributed by atoms with E-state index in [2.05, 4.69) is 9.80 Å². The SMILES string of the molecule is O=C1c2cccc3c2C(=O)c2c1cccc2N1CCOCCOCCN3CCOCCOCC1. The molecule has 0 unspecified atom stereocenters. The Labute approximate surface area is 199 Å². The Morgan fingerprint density at radius 3 is 1.26 bits per heavy atom. The molecule has 0 radical (unpaired) electrons. The van der Waals surface area contributed by atoms with Crippen molar-refractivity contribution in [3.05, 3.63) is 58.7 Å². The molecule has 5 rings (SSSR count). The van der Waals surface area contributed by atoms with E-state index in [1.807, 2.05) is 24.3 Å². The van der Waals surface area contributed by atoms with Crippen LogP contribution in [-0.2, 0) is 18.9 Å². The second-order valence-corrected chi connectivity index (χ2v) is 8.48. The fourth-order valence-corrected chi connectivity index (χ4v) is 4.78. The first-order valence-electron chi connectivity index (χ1n) is 11.9. The van der Waals surface area contributed by atoms with Crippen molar-refractivity contribution < 1.29 is 28.5 Å². The van der Waals surface area contributed by atoms with Gasteiger partial charge in [0.05, 0.1) is 64.0 Å². The first-order valence-corrected chi connectivity index (χ1v) is 11.9. The summed E-state index contributed by atoms with van der Waals surface area (Å²) in [4.78, 5) is 31.8. The van der Waals surface area contributed by atoms with Crippen LogP contribution in [0.25, 0.3) is 0 Å². The predicted octanol–water partition coefficient (Wildman–Crippen LogP) is 2.17. The maximum Gasteiger partial charge on any atom is 0.198 e. The third-order valence-electron chi connectivity index (χ3n) is 6.48. The lowest BCUT2D eigenvalue weighted by molar-refractivity contribution is 0.0436. The van der Waals surface area contributed by atoms with Gasteiger partial charge in [-0.05, 0) is 12.1 Å². The molecule has 34 heavy (non-hydrogen) atoms. The van der Waals surface area contributed by atoms with Crippen molar-refractivity contribution in [3.63, 3.8) is 0 Å². The van der Waals surface area contributed by atoms with Gasteiger partial charge in [0, 0.05) is 48.7 Å². The average Bonchev–Trinajstić information content (AvgIpc) is 2.86. The van der Waals surface area contributed by atoms with Gasteiger partial charge in [0.2, 0.25) is 0 Å². The lowest BCUT2D eigenvalue weighted by Gasteiger charge is -2.31. The van der Waals surface area contributed by atoms with Gasteiger partial charge in [-0.3, -0.25) is 9.59 Å². The Bertz CT molecular complexity index is 956. The molecule has 0 aromatic heterocycles. The van der Waals surface area contributed by atoms with E-state index in [-0.39, 0.29) is 11.6 Å². The normalized spacial score (nSPS) is 20.2. The second-order valence-electron chi connectivity index (χ2n) is 8.48. The van der Waals surface area contributed by atoms with E-state index in [4.69, 9.17) is 18.9 Å². The molecule has 8 nitrogen and oxygen atoms in total. The molecule has 0 saturated heterocycles. The van der Waals surface area contributed by atoms with Crippen molar-refractivity contribution >= 4 is 22.9 Å². The molecule has 0 atom stereocenters. The van der Waals surface area contributed by atoms with Gasteiger partial charge in [-0.25, -0.2) is 0 Å². The quantitative estimate of drug-likeness (QED) is 0.499. The van der Waals surface area contributed by atoms with Crippen molar-refractivity contribution in [1.82, 2.24) is 0 Å². The predicted molar refractivity (Wildman–Crippen MR) is 127 cm³/mol. The summed E-state index contributed by atoms with van der Waals surface area (Å²) < 4.78 is 23.2. The fraction of sp³-hybridized carbons (Fsp3) is 0.462. The summed E-state index contributed by atoms with van der Waals surface area (Å²) in [5, 5.41) is 0. The van der Waals surface area contributed by atoms with E-state index >= 15 is 0 Å². The molecule has 2 heterocycles. The van der Waals surface area contributed by atoms with E-state index in [9.17, 15) is 9.59 Å². The monoisotopic (exact) mass is 466 g/mol. The van der Waals surface area contributed by atoms with Crippen molar-refractivity contribution in [2.24, 2.45) is 0 Å². The highest BCUT2D eigenvalue weighted by Crippen LogP contribution is 2.38. The summed E-state index contributed by atoms with van der Waals surface area (Å²) in [7, 11) is 0. The Morgan fingerprint density at radius 1 is 0.500 bits per heavy atom. The molecule has 0 N–H and O–H groups in total. The first-order chi connectivity index (χ1) is 16.8. The van der Waals surface area contributed by atoms with Crippen LogP contribution in [0.1, 0.15) is 31.8 Å². The van der Waals surface area contributed by atoms with E-state index in [0.717, 1.165) is 11.4 Å². The molecule has 0 saturated carbocycles. The zero-order chi connectivity index (χ0) is 23.3. The van der Waals surface area contributed by atoms with E-state index in [1.54, 1.807) is 12.1 Å². The number of ketones is 2. The summed E-state index contributed by atoms with van der Waals surface area (Å²) >= 11 is 0. The maximum absolute atomic E-state index is 14.1. The average molecular weight is 467 g/mol. The van der Waals surface area contributed by atoms with Crippen LogP contribution in [-0.4, -0.2) is 90.6 Å². The van der Waals surface area contributed by atoms with Crippen molar-refractivity contribution in [1.29, 1.82) is 0 Å². The highest BCUT2D eigenvalue weighted by Gasteiger charge is 2.35. The highest BCUT2D eigenvalue weighted by molar-refractivity contribution is 6.31. The summed E-state index contributed by atoms with van der Waals surface area (Å²) in [6.45, 7) is 6.18. The molecule has 0 fully saturated rings. The molecule has 1 aliphatic carbocycles. The van der Waals surface area contributed by atoms with Crippen LogP contribution >= 0.6 is 0 Å². The molecular formula is C26H30N2O6. The minimum atomic E-state index is -0.126. The standard InChI is InChI=1S/C26H30N2O6/c29-25-19-3-1-5-21-23(19)26(30)24-20(25)4-2-6-22(24)28-9-13-33-17-15-31-11-7-27(21)8-12-32-16-18-34-14-10-28/h1-6H,7-18H2. The van der Waals surface area contributed by atoms with Gasteiger partial charge >= 0.3 is 0 Å². The zero-order valence-corrected chi connectivity index (χ0v) is 19.3. The number of hydrogen-bond acceptors (Lipinski definition) is 8. The van der Waals surface area contributed by atoms with Crippen LogP contribution in [0.5, 0.6) is 0 Å². The summed E-state index contributed by atoms with van der Waals surface area (Å²) in [6, 6.07) is 11.0. The smallest absolute Gasteiger partial charge is 0.198 e. The van der Waals surface area contributed by atoms with Gasteiger partial charge in [0.1, 0.15) is 0 Å². The number of benzene rings is 2. The van der Waals surface area contributed by atoms with Crippen LogP contribution in [0.4, 0.5) is 11.4 Å². The molecule has 0 amide bonds.